The first kappa shape index (κ1) is 11.5. The number of hydrogen-bond donors (Lipinski definition) is 3. The van der Waals surface area contributed by atoms with Crippen molar-refractivity contribution in [1.82, 2.24) is 0 Å². The highest BCUT2D eigenvalue weighted by molar-refractivity contribution is 7.99. The number of nitrogen functional groups attached to an aromatic ring is 2. The molecule has 0 radical (unpaired) electrons. The van der Waals surface area contributed by atoms with E-state index < -0.39 is 0 Å². The topological polar surface area (TPSA) is 64.1 Å². The van der Waals surface area contributed by atoms with Crippen molar-refractivity contribution in [2.75, 3.05) is 29.1 Å². The van der Waals surface area contributed by atoms with Gasteiger partial charge in [-0.05, 0) is 36.8 Å². The number of nitrogens with one attached hydrogen (secondary N) is 1. The average molecular weight is 237 g/mol. The molecule has 1 atom stereocenters. The smallest absolute Gasteiger partial charge is 0.0568 e. The van der Waals surface area contributed by atoms with E-state index in [9.17, 15) is 0 Å². The fourth-order valence-electron chi connectivity index (χ4n) is 1.88. The van der Waals surface area contributed by atoms with E-state index in [1.165, 1.54) is 25.0 Å². The molecule has 1 unspecified atom stereocenters. The number of benzene rings is 1. The molecule has 1 fully saturated rings. The normalized spacial score (nSPS) is 20.6. The summed E-state index contributed by atoms with van der Waals surface area (Å²) in [5, 5.41) is 4.17. The minimum Gasteiger partial charge on any atom is -0.397 e. The number of rotatable bonds is 3. The molecule has 1 aromatic rings. The molecule has 0 saturated carbocycles. The van der Waals surface area contributed by atoms with Crippen molar-refractivity contribution in [3.63, 3.8) is 0 Å². The number of thioether (sulfide) groups is 1. The van der Waals surface area contributed by atoms with Crippen LogP contribution < -0.4 is 16.8 Å². The van der Waals surface area contributed by atoms with Gasteiger partial charge in [0.15, 0.2) is 0 Å². The summed E-state index contributed by atoms with van der Waals surface area (Å²) in [5.41, 5.74) is 13.8. The highest BCUT2D eigenvalue weighted by atomic mass is 32.2. The maximum atomic E-state index is 5.76. The van der Waals surface area contributed by atoms with E-state index >= 15 is 0 Å². The molecule has 0 bridgehead atoms. The lowest BCUT2D eigenvalue weighted by molar-refractivity contribution is 0.677. The molecule has 1 aromatic carbocycles. The Morgan fingerprint density at radius 1 is 1.25 bits per heavy atom. The lowest BCUT2D eigenvalue weighted by atomic mass is 10.2. The zero-order chi connectivity index (χ0) is 11.4. The number of anilines is 3. The van der Waals surface area contributed by atoms with Crippen LogP contribution in [0.5, 0.6) is 0 Å². The molecule has 3 nitrogen and oxygen atoms in total. The van der Waals surface area contributed by atoms with Gasteiger partial charge in [0.2, 0.25) is 0 Å². The van der Waals surface area contributed by atoms with Gasteiger partial charge in [0.05, 0.1) is 11.4 Å². The third-order valence-corrected chi connectivity index (χ3v) is 4.29. The minimum absolute atomic E-state index is 0.651. The SMILES string of the molecule is Nc1ccc(NCC2CCCCS2)cc1N. The van der Waals surface area contributed by atoms with Crippen molar-refractivity contribution in [2.24, 2.45) is 0 Å². The van der Waals surface area contributed by atoms with Crippen LogP contribution in [0.4, 0.5) is 17.1 Å². The van der Waals surface area contributed by atoms with Gasteiger partial charge in [0, 0.05) is 17.5 Å². The molecule has 1 aliphatic heterocycles. The van der Waals surface area contributed by atoms with Crippen LogP contribution in [0.15, 0.2) is 18.2 Å². The third-order valence-electron chi connectivity index (χ3n) is 2.89. The molecule has 1 saturated heterocycles. The van der Waals surface area contributed by atoms with Gasteiger partial charge in [-0.15, -0.1) is 0 Å². The van der Waals surface area contributed by atoms with Crippen LogP contribution in [-0.2, 0) is 0 Å². The zero-order valence-corrected chi connectivity index (χ0v) is 10.2. The molecule has 1 aliphatic rings. The number of hydrogen-bond acceptors (Lipinski definition) is 4. The first-order valence-electron chi connectivity index (χ1n) is 5.76. The van der Waals surface area contributed by atoms with E-state index in [2.05, 4.69) is 17.1 Å². The summed E-state index contributed by atoms with van der Waals surface area (Å²) in [7, 11) is 0. The zero-order valence-electron chi connectivity index (χ0n) is 9.41. The van der Waals surface area contributed by atoms with Crippen molar-refractivity contribution < 1.29 is 0 Å². The molecule has 5 N–H and O–H groups in total. The summed E-state index contributed by atoms with van der Waals surface area (Å²) in [4.78, 5) is 0. The van der Waals surface area contributed by atoms with Crippen molar-refractivity contribution >= 4 is 28.8 Å². The summed E-state index contributed by atoms with van der Waals surface area (Å²) in [6.45, 7) is 1.02. The van der Waals surface area contributed by atoms with E-state index in [1.807, 2.05) is 18.2 Å². The van der Waals surface area contributed by atoms with Gasteiger partial charge in [-0.25, -0.2) is 0 Å². The Morgan fingerprint density at radius 3 is 2.81 bits per heavy atom. The summed E-state index contributed by atoms with van der Waals surface area (Å²) in [6, 6.07) is 5.74. The summed E-state index contributed by atoms with van der Waals surface area (Å²) in [6.07, 6.45) is 4.06. The quantitative estimate of drug-likeness (QED) is 0.707. The molecule has 88 valence electrons. The highest BCUT2D eigenvalue weighted by Crippen LogP contribution is 2.26. The van der Waals surface area contributed by atoms with Crippen LogP contribution >= 0.6 is 11.8 Å². The first-order chi connectivity index (χ1) is 7.75. The molecule has 4 heteroatoms. The van der Waals surface area contributed by atoms with Crippen LogP contribution in [0.2, 0.25) is 0 Å². The molecule has 16 heavy (non-hydrogen) atoms. The highest BCUT2D eigenvalue weighted by Gasteiger charge is 2.13. The van der Waals surface area contributed by atoms with Gasteiger partial charge in [0.1, 0.15) is 0 Å². The van der Waals surface area contributed by atoms with Crippen LogP contribution in [0, 0.1) is 0 Å². The van der Waals surface area contributed by atoms with E-state index in [0.717, 1.165) is 17.5 Å². The first-order valence-corrected chi connectivity index (χ1v) is 6.81. The largest absolute Gasteiger partial charge is 0.397 e. The van der Waals surface area contributed by atoms with E-state index in [1.54, 1.807) is 0 Å². The molecule has 0 aromatic heterocycles. The Morgan fingerprint density at radius 2 is 2.12 bits per heavy atom. The third kappa shape index (κ3) is 2.98. The minimum atomic E-state index is 0.651. The molecular formula is C12H19N3S. The average Bonchev–Trinajstić information content (AvgIpc) is 2.32. The molecule has 2 rings (SSSR count). The van der Waals surface area contributed by atoms with Gasteiger partial charge < -0.3 is 16.8 Å². The Bertz CT molecular complexity index is 348. The fraction of sp³-hybridized carbons (Fsp3) is 0.500. The van der Waals surface area contributed by atoms with Crippen LogP contribution in [0.25, 0.3) is 0 Å². The van der Waals surface area contributed by atoms with Crippen molar-refractivity contribution in [2.45, 2.75) is 24.5 Å². The van der Waals surface area contributed by atoms with Crippen molar-refractivity contribution in [3.05, 3.63) is 18.2 Å². The lowest BCUT2D eigenvalue weighted by Crippen LogP contribution is -2.20. The second-order valence-electron chi connectivity index (χ2n) is 4.21. The Kier molecular flexibility index (Phi) is 3.83. The Hall–Kier alpha value is -1.03. The maximum absolute atomic E-state index is 5.76. The predicted molar refractivity (Wildman–Crippen MR) is 73.9 cm³/mol. The Balaban J connectivity index is 1.86. The van der Waals surface area contributed by atoms with Crippen molar-refractivity contribution in [1.29, 1.82) is 0 Å². The van der Waals surface area contributed by atoms with Gasteiger partial charge in [-0.3, -0.25) is 0 Å². The monoisotopic (exact) mass is 237 g/mol. The summed E-state index contributed by atoms with van der Waals surface area (Å²) < 4.78 is 0. The van der Waals surface area contributed by atoms with Gasteiger partial charge >= 0.3 is 0 Å². The van der Waals surface area contributed by atoms with Crippen molar-refractivity contribution in [3.8, 4) is 0 Å². The van der Waals surface area contributed by atoms with Crippen LogP contribution in [-0.4, -0.2) is 17.5 Å². The van der Waals surface area contributed by atoms with E-state index in [0.29, 0.717) is 11.4 Å². The second kappa shape index (κ2) is 5.34. The molecule has 0 amide bonds. The van der Waals surface area contributed by atoms with E-state index in [4.69, 9.17) is 11.5 Å². The van der Waals surface area contributed by atoms with Gasteiger partial charge in [0.25, 0.3) is 0 Å². The molecule has 1 heterocycles. The summed E-state index contributed by atoms with van der Waals surface area (Å²) >= 11 is 2.07. The fourth-order valence-corrected chi connectivity index (χ4v) is 3.12. The standard InChI is InChI=1S/C12H19N3S/c13-11-5-4-9(7-12(11)14)15-8-10-3-1-2-6-16-10/h4-5,7,10,15H,1-3,6,8,13-14H2. The van der Waals surface area contributed by atoms with Gasteiger partial charge in [-0.2, -0.15) is 11.8 Å². The van der Waals surface area contributed by atoms with E-state index in [-0.39, 0.29) is 0 Å². The Labute approximate surface area is 101 Å². The lowest BCUT2D eigenvalue weighted by Gasteiger charge is -2.22. The van der Waals surface area contributed by atoms with Gasteiger partial charge in [-0.1, -0.05) is 6.42 Å². The second-order valence-corrected chi connectivity index (χ2v) is 5.62. The maximum Gasteiger partial charge on any atom is 0.0568 e. The molecular weight excluding hydrogens is 218 g/mol. The van der Waals surface area contributed by atoms with Crippen LogP contribution in [0.1, 0.15) is 19.3 Å². The summed E-state index contributed by atoms with van der Waals surface area (Å²) in [5.74, 6) is 1.30. The van der Waals surface area contributed by atoms with Crippen LogP contribution in [0.3, 0.4) is 0 Å². The molecule has 0 spiro atoms. The molecule has 0 aliphatic carbocycles. The predicted octanol–water partition coefficient (Wildman–Crippen LogP) is 2.55. The number of nitrogens with two attached hydrogens (primary N) is 2.